The molecule has 0 aliphatic rings. The summed E-state index contributed by atoms with van der Waals surface area (Å²) >= 11 is 0. The lowest BCUT2D eigenvalue weighted by molar-refractivity contribution is 0.350. The number of aromatic nitrogens is 4. The van der Waals surface area contributed by atoms with E-state index in [2.05, 4.69) is 35.7 Å². The molecule has 2 heterocycles. The van der Waals surface area contributed by atoms with E-state index in [9.17, 15) is 4.79 Å². The zero-order valence-corrected chi connectivity index (χ0v) is 9.61. The molecule has 0 aliphatic heterocycles. The van der Waals surface area contributed by atoms with E-state index in [0.29, 0.717) is 11.2 Å². The number of nitrogen functional groups attached to an aromatic ring is 1. The van der Waals surface area contributed by atoms with Crippen molar-refractivity contribution in [2.75, 3.05) is 5.73 Å². The first-order valence-electron chi connectivity index (χ1n) is 5.19. The lowest BCUT2D eigenvalue weighted by Crippen LogP contribution is -2.25. The standard InChI is InChI=1S/C10H15N5O/c1-4-10(2,3)15-5-12-6-7(15)13-9(11)14-8(6)16/h5H,4H2,1-3H3,(H3,11,13,14,16). The van der Waals surface area contributed by atoms with Crippen LogP contribution in [-0.2, 0) is 5.54 Å². The Morgan fingerprint density at radius 2 is 2.25 bits per heavy atom. The number of imidazole rings is 1. The summed E-state index contributed by atoms with van der Waals surface area (Å²) in [6, 6.07) is 0. The Morgan fingerprint density at radius 3 is 2.88 bits per heavy atom. The molecule has 0 saturated carbocycles. The Kier molecular flexibility index (Phi) is 2.22. The molecular formula is C10H15N5O. The second kappa shape index (κ2) is 3.33. The van der Waals surface area contributed by atoms with Crippen molar-refractivity contribution in [3.63, 3.8) is 0 Å². The van der Waals surface area contributed by atoms with Crippen molar-refractivity contribution in [3.05, 3.63) is 16.7 Å². The number of hydrogen-bond donors (Lipinski definition) is 2. The average molecular weight is 221 g/mol. The lowest BCUT2D eigenvalue weighted by Gasteiger charge is -2.24. The Morgan fingerprint density at radius 1 is 1.56 bits per heavy atom. The van der Waals surface area contributed by atoms with E-state index >= 15 is 0 Å². The maximum atomic E-state index is 11.6. The fourth-order valence-electron chi connectivity index (χ4n) is 1.54. The summed E-state index contributed by atoms with van der Waals surface area (Å²) in [7, 11) is 0. The summed E-state index contributed by atoms with van der Waals surface area (Å²) in [5, 5.41) is 0. The number of aromatic amines is 1. The van der Waals surface area contributed by atoms with Crippen LogP contribution in [0, 0.1) is 0 Å². The molecule has 0 unspecified atom stereocenters. The van der Waals surface area contributed by atoms with Gasteiger partial charge in [-0.2, -0.15) is 4.98 Å². The molecule has 2 rings (SSSR count). The highest BCUT2D eigenvalue weighted by Gasteiger charge is 2.21. The largest absolute Gasteiger partial charge is 0.369 e. The van der Waals surface area contributed by atoms with Crippen molar-refractivity contribution >= 4 is 17.1 Å². The van der Waals surface area contributed by atoms with Gasteiger partial charge in [0.15, 0.2) is 11.2 Å². The SMILES string of the molecule is CCC(C)(C)n1cnc2c(=O)[nH]c(N)nc21. The minimum absolute atomic E-state index is 0.117. The first-order valence-corrected chi connectivity index (χ1v) is 5.19. The van der Waals surface area contributed by atoms with E-state index in [1.165, 1.54) is 0 Å². The highest BCUT2D eigenvalue weighted by Crippen LogP contribution is 2.22. The predicted molar refractivity (Wildman–Crippen MR) is 62.2 cm³/mol. The van der Waals surface area contributed by atoms with Gasteiger partial charge in [0.05, 0.1) is 6.33 Å². The lowest BCUT2D eigenvalue weighted by atomic mass is 10.0. The summed E-state index contributed by atoms with van der Waals surface area (Å²) in [5.74, 6) is 0.117. The third kappa shape index (κ3) is 1.46. The maximum absolute atomic E-state index is 11.6. The molecule has 6 nitrogen and oxygen atoms in total. The van der Waals surface area contributed by atoms with Gasteiger partial charge in [-0.15, -0.1) is 0 Å². The van der Waals surface area contributed by atoms with Crippen LogP contribution >= 0.6 is 0 Å². The third-order valence-corrected chi connectivity index (χ3v) is 2.94. The molecule has 86 valence electrons. The molecule has 16 heavy (non-hydrogen) atoms. The Labute approximate surface area is 92.5 Å². The van der Waals surface area contributed by atoms with Crippen LogP contribution in [-0.4, -0.2) is 19.5 Å². The Hall–Kier alpha value is -1.85. The van der Waals surface area contributed by atoms with Crippen LogP contribution < -0.4 is 11.3 Å². The molecule has 0 aromatic carbocycles. The van der Waals surface area contributed by atoms with Gasteiger partial charge < -0.3 is 10.3 Å². The van der Waals surface area contributed by atoms with Crippen LogP contribution in [0.15, 0.2) is 11.1 Å². The molecule has 0 spiro atoms. The van der Waals surface area contributed by atoms with Gasteiger partial charge in [0.2, 0.25) is 5.95 Å². The van der Waals surface area contributed by atoms with E-state index in [1.807, 2.05) is 4.57 Å². The van der Waals surface area contributed by atoms with Gasteiger partial charge in [0, 0.05) is 5.54 Å². The highest BCUT2D eigenvalue weighted by atomic mass is 16.1. The van der Waals surface area contributed by atoms with Crippen LogP contribution in [0.1, 0.15) is 27.2 Å². The second-order valence-corrected chi connectivity index (χ2v) is 4.40. The van der Waals surface area contributed by atoms with Crippen LogP contribution in [0.3, 0.4) is 0 Å². The molecule has 0 saturated heterocycles. The van der Waals surface area contributed by atoms with Crippen molar-refractivity contribution in [2.24, 2.45) is 0 Å². The minimum atomic E-state index is -0.298. The van der Waals surface area contributed by atoms with Crippen LogP contribution in [0.2, 0.25) is 0 Å². The Bertz CT molecular complexity index is 580. The topological polar surface area (TPSA) is 89.6 Å². The molecule has 2 aromatic heterocycles. The van der Waals surface area contributed by atoms with Gasteiger partial charge >= 0.3 is 0 Å². The fraction of sp³-hybridized carbons (Fsp3) is 0.500. The number of hydrogen-bond acceptors (Lipinski definition) is 4. The number of rotatable bonds is 2. The van der Waals surface area contributed by atoms with E-state index in [1.54, 1.807) is 6.33 Å². The quantitative estimate of drug-likeness (QED) is 0.786. The van der Waals surface area contributed by atoms with Gasteiger partial charge in [0.25, 0.3) is 5.56 Å². The second-order valence-electron chi connectivity index (χ2n) is 4.40. The zero-order valence-electron chi connectivity index (χ0n) is 9.61. The molecule has 2 aromatic rings. The molecule has 3 N–H and O–H groups in total. The monoisotopic (exact) mass is 221 g/mol. The van der Waals surface area contributed by atoms with Gasteiger partial charge in [-0.25, -0.2) is 4.98 Å². The van der Waals surface area contributed by atoms with Gasteiger partial charge in [-0.3, -0.25) is 9.78 Å². The number of nitrogens with two attached hydrogens (primary N) is 1. The highest BCUT2D eigenvalue weighted by molar-refractivity contribution is 5.70. The van der Waals surface area contributed by atoms with Gasteiger partial charge in [-0.05, 0) is 20.3 Å². The molecule has 0 radical (unpaired) electrons. The summed E-state index contributed by atoms with van der Waals surface area (Å²) in [5.41, 5.74) is 5.96. The summed E-state index contributed by atoms with van der Waals surface area (Å²) in [6.45, 7) is 6.20. The van der Waals surface area contributed by atoms with Crippen molar-refractivity contribution in [3.8, 4) is 0 Å². The number of nitrogens with zero attached hydrogens (tertiary/aromatic N) is 3. The van der Waals surface area contributed by atoms with Crippen molar-refractivity contribution in [2.45, 2.75) is 32.7 Å². The van der Waals surface area contributed by atoms with Crippen LogP contribution in [0.25, 0.3) is 11.2 Å². The van der Waals surface area contributed by atoms with Crippen molar-refractivity contribution < 1.29 is 0 Å². The average Bonchev–Trinajstić information content (AvgIpc) is 2.62. The first kappa shape index (κ1) is 10.7. The molecule has 0 atom stereocenters. The number of anilines is 1. The summed E-state index contributed by atoms with van der Waals surface area (Å²) in [4.78, 5) is 22.2. The predicted octanol–water partition coefficient (Wildman–Crippen LogP) is 0.847. The molecular weight excluding hydrogens is 206 g/mol. The number of fused-ring (bicyclic) bond motifs is 1. The van der Waals surface area contributed by atoms with E-state index < -0.39 is 0 Å². The first-order chi connectivity index (χ1) is 7.45. The van der Waals surface area contributed by atoms with Crippen molar-refractivity contribution in [1.29, 1.82) is 0 Å². The molecule has 0 fully saturated rings. The third-order valence-electron chi connectivity index (χ3n) is 2.94. The van der Waals surface area contributed by atoms with Crippen molar-refractivity contribution in [1.82, 2.24) is 19.5 Å². The van der Waals surface area contributed by atoms with Gasteiger partial charge in [-0.1, -0.05) is 6.92 Å². The minimum Gasteiger partial charge on any atom is -0.369 e. The zero-order chi connectivity index (χ0) is 11.9. The normalized spacial score (nSPS) is 12.2. The maximum Gasteiger partial charge on any atom is 0.280 e. The van der Waals surface area contributed by atoms with E-state index in [-0.39, 0.29) is 17.0 Å². The number of H-pyrrole nitrogens is 1. The van der Waals surface area contributed by atoms with E-state index in [0.717, 1.165) is 6.42 Å². The molecule has 0 amide bonds. The van der Waals surface area contributed by atoms with E-state index in [4.69, 9.17) is 5.73 Å². The molecule has 6 heteroatoms. The summed E-state index contributed by atoms with van der Waals surface area (Å²) in [6.07, 6.45) is 2.54. The van der Waals surface area contributed by atoms with Crippen LogP contribution in [0.4, 0.5) is 5.95 Å². The fourth-order valence-corrected chi connectivity index (χ4v) is 1.54. The Balaban J connectivity index is 2.79. The summed E-state index contributed by atoms with van der Waals surface area (Å²) < 4.78 is 1.88. The molecule has 0 bridgehead atoms. The smallest absolute Gasteiger partial charge is 0.280 e. The van der Waals surface area contributed by atoms with Gasteiger partial charge in [0.1, 0.15) is 0 Å². The molecule has 0 aliphatic carbocycles. The number of nitrogens with one attached hydrogen (secondary N) is 1. The van der Waals surface area contributed by atoms with Crippen LogP contribution in [0.5, 0.6) is 0 Å².